The van der Waals surface area contributed by atoms with E-state index in [1.165, 1.54) is 29.2 Å². The molecule has 0 N–H and O–H groups in total. The largest absolute Gasteiger partial charge is 0.466 e. The van der Waals surface area contributed by atoms with Gasteiger partial charge in [0.15, 0.2) is 4.80 Å². The smallest absolute Gasteiger partial charge is 0.338 e. The van der Waals surface area contributed by atoms with Crippen LogP contribution in [0.15, 0.2) is 99.9 Å². The van der Waals surface area contributed by atoms with Gasteiger partial charge in [0.2, 0.25) is 0 Å². The number of carbonyl (C=O) groups excluding carboxylic acids is 1. The van der Waals surface area contributed by atoms with Crippen LogP contribution in [-0.2, 0) is 9.53 Å². The zero-order chi connectivity index (χ0) is 28.0. The van der Waals surface area contributed by atoms with Crippen molar-refractivity contribution >= 4 is 34.2 Å². The molecule has 200 valence electrons. The monoisotopic (exact) mass is 547 g/mol. The van der Waals surface area contributed by atoms with Crippen LogP contribution in [0.2, 0.25) is 0 Å². The van der Waals surface area contributed by atoms with E-state index < -0.39 is 12.0 Å². The average molecular weight is 548 g/mol. The minimum atomic E-state index is -0.606. The van der Waals surface area contributed by atoms with Gasteiger partial charge in [-0.25, -0.2) is 9.79 Å². The normalized spacial score (nSPS) is 15.3. The molecule has 0 radical (unpaired) electrons. The third-order valence-corrected chi connectivity index (χ3v) is 8.51. The molecule has 0 bridgehead atoms. The van der Waals surface area contributed by atoms with Gasteiger partial charge in [0.25, 0.3) is 5.56 Å². The molecule has 0 unspecified atom stereocenters. The number of nitrogens with zero attached hydrogens (tertiary/aromatic N) is 3. The summed E-state index contributed by atoms with van der Waals surface area (Å²) in [5.41, 5.74) is 5.91. The molecule has 3 aromatic carbocycles. The van der Waals surface area contributed by atoms with Gasteiger partial charge in [-0.2, -0.15) is 0 Å². The van der Waals surface area contributed by atoms with Crippen molar-refractivity contribution in [1.29, 1.82) is 0 Å². The maximum absolute atomic E-state index is 14.0. The lowest BCUT2D eigenvalue weighted by Gasteiger charge is -2.25. The molecule has 1 aliphatic rings. The number of carbonyl (C=O) groups is 1. The molecule has 0 saturated carbocycles. The standard InChI is InChI=1S/C33H29N3O3S/c1-5-26-29(32(38)39-4)30(23-13-7-6-8-14-23)36-31(37)28(40-33(36)34-26)19-24-18-20(2)35(21(24)3)27-17-11-15-22-12-9-10-16-25(22)27/h6-19,30H,5H2,1-4H3/b28-19-/t30-/m0/s1. The van der Waals surface area contributed by atoms with E-state index in [0.29, 0.717) is 27.0 Å². The molecular formula is C33H29N3O3S. The number of hydrogen-bond acceptors (Lipinski definition) is 5. The SMILES string of the molecule is CCC1=C(C(=O)OC)[C@H](c2ccccc2)n2c(s/c(=C\c3cc(C)n(-c4cccc5ccccc45)c3C)c2=O)=N1. The lowest BCUT2D eigenvalue weighted by molar-refractivity contribution is -0.136. The number of fused-ring (bicyclic) bond motifs is 2. The van der Waals surface area contributed by atoms with Crippen molar-refractivity contribution < 1.29 is 9.53 Å². The fourth-order valence-electron chi connectivity index (χ4n) is 5.66. The highest BCUT2D eigenvalue weighted by Gasteiger charge is 2.33. The first-order valence-corrected chi connectivity index (χ1v) is 14.1. The fraction of sp³-hybridized carbons (Fsp3) is 0.182. The number of rotatable bonds is 5. The predicted molar refractivity (Wildman–Crippen MR) is 160 cm³/mol. The molecule has 0 amide bonds. The Morgan fingerprint density at radius 2 is 1.75 bits per heavy atom. The number of methoxy groups -OCH3 is 1. The molecule has 6 rings (SSSR count). The first-order valence-electron chi connectivity index (χ1n) is 13.3. The van der Waals surface area contributed by atoms with Crippen LogP contribution < -0.4 is 14.9 Å². The number of hydrogen-bond donors (Lipinski definition) is 0. The molecule has 2 aromatic heterocycles. The maximum Gasteiger partial charge on any atom is 0.338 e. The van der Waals surface area contributed by atoms with E-state index in [2.05, 4.69) is 60.9 Å². The van der Waals surface area contributed by atoms with Crippen molar-refractivity contribution in [3.05, 3.63) is 132 Å². The Hall–Kier alpha value is -4.49. The Labute approximate surface area is 235 Å². The molecule has 0 spiro atoms. The van der Waals surface area contributed by atoms with E-state index in [4.69, 9.17) is 9.73 Å². The summed E-state index contributed by atoms with van der Waals surface area (Å²) in [7, 11) is 1.36. The van der Waals surface area contributed by atoms with Crippen LogP contribution in [0.1, 0.15) is 41.9 Å². The molecule has 40 heavy (non-hydrogen) atoms. The lowest BCUT2D eigenvalue weighted by Crippen LogP contribution is -2.40. The van der Waals surface area contributed by atoms with Gasteiger partial charge in [0, 0.05) is 16.8 Å². The minimum absolute atomic E-state index is 0.177. The van der Waals surface area contributed by atoms with Gasteiger partial charge in [-0.05, 0) is 55.0 Å². The number of aryl methyl sites for hydroxylation is 1. The van der Waals surface area contributed by atoms with Crippen molar-refractivity contribution in [2.24, 2.45) is 4.99 Å². The topological polar surface area (TPSA) is 65.6 Å². The summed E-state index contributed by atoms with van der Waals surface area (Å²) in [4.78, 5) is 32.3. The van der Waals surface area contributed by atoms with Crippen molar-refractivity contribution in [1.82, 2.24) is 9.13 Å². The van der Waals surface area contributed by atoms with Gasteiger partial charge >= 0.3 is 5.97 Å². The van der Waals surface area contributed by atoms with Crippen LogP contribution in [0.25, 0.3) is 22.5 Å². The lowest BCUT2D eigenvalue weighted by atomic mass is 9.95. The number of benzene rings is 3. The molecule has 7 heteroatoms. The molecular weight excluding hydrogens is 518 g/mol. The van der Waals surface area contributed by atoms with Crippen LogP contribution >= 0.6 is 11.3 Å². The average Bonchev–Trinajstić information content (AvgIpc) is 3.45. The highest BCUT2D eigenvalue weighted by Crippen LogP contribution is 2.32. The molecule has 1 atom stereocenters. The first-order chi connectivity index (χ1) is 19.4. The van der Waals surface area contributed by atoms with Crippen LogP contribution in [0.4, 0.5) is 0 Å². The highest BCUT2D eigenvalue weighted by atomic mass is 32.1. The third kappa shape index (κ3) is 4.14. The third-order valence-electron chi connectivity index (χ3n) is 7.53. The number of esters is 1. The second kappa shape index (κ2) is 10.2. The number of aromatic nitrogens is 2. The van der Waals surface area contributed by atoms with Gasteiger partial charge in [0.1, 0.15) is 0 Å². The molecule has 0 aliphatic carbocycles. The van der Waals surface area contributed by atoms with E-state index in [0.717, 1.165) is 28.2 Å². The molecule has 0 fully saturated rings. The van der Waals surface area contributed by atoms with Crippen molar-refractivity contribution in [3.8, 4) is 5.69 Å². The van der Waals surface area contributed by atoms with Gasteiger partial charge in [-0.15, -0.1) is 0 Å². The number of ether oxygens (including phenoxy) is 1. The Bertz CT molecular complexity index is 1990. The van der Waals surface area contributed by atoms with Crippen molar-refractivity contribution in [2.45, 2.75) is 33.2 Å². The minimum Gasteiger partial charge on any atom is -0.466 e. The molecule has 5 aromatic rings. The van der Waals surface area contributed by atoms with E-state index in [-0.39, 0.29) is 5.56 Å². The molecule has 3 heterocycles. The number of thiazole rings is 1. The zero-order valence-electron chi connectivity index (χ0n) is 22.8. The molecule has 6 nitrogen and oxygen atoms in total. The van der Waals surface area contributed by atoms with E-state index in [1.807, 2.05) is 49.4 Å². The van der Waals surface area contributed by atoms with Gasteiger partial charge in [-0.3, -0.25) is 9.36 Å². The summed E-state index contributed by atoms with van der Waals surface area (Å²) in [6.45, 7) is 6.12. The van der Waals surface area contributed by atoms with Crippen molar-refractivity contribution in [3.63, 3.8) is 0 Å². The van der Waals surface area contributed by atoms with Gasteiger partial charge in [-0.1, -0.05) is 85.0 Å². The predicted octanol–water partition coefficient (Wildman–Crippen LogP) is 5.36. The first kappa shape index (κ1) is 25.8. The summed E-state index contributed by atoms with van der Waals surface area (Å²) in [6.07, 6.45) is 2.49. The van der Waals surface area contributed by atoms with Gasteiger partial charge in [0.05, 0.1) is 34.6 Å². The quantitative estimate of drug-likeness (QED) is 0.278. The van der Waals surface area contributed by atoms with E-state index in [1.54, 1.807) is 4.57 Å². The molecule has 1 aliphatic heterocycles. The number of allylic oxidation sites excluding steroid dienone is 1. The van der Waals surface area contributed by atoms with Crippen LogP contribution in [0.3, 0.4) is 0 Å². The Morgan fingerprint density at radius 3 is 2.50 bits per heavy atom. The second-order valence-electron chi connectivity index (χ2n) is 9.86. The van der Waals surface area contributed by atoms with Crippen LogP contribution in [0.5, 0.6) is 0 Å². The van der Waals surface area contributed by atoms with Crippen LogP contribution in [-0.4, -0.2) is 22.2 Å². The second-order valence-corrected chi connectivity index (χ2v) is 10.9. The summed E-state index contributed by atoms with van der Waals surface area (Å²) < 4.78 is 9.60. The van der Waals surface area contributed by atoms with Crippen molar-refractivity contribution in [2.75, 3.05) is 7.11 Å². The van der Waals surface area contributed by atoms with Gasteiger partial charge < -0.3 is 9.30 Å². The van der Waals surface area contributed by atoms with E-state index >= 15 is 0 Å². The molecule has 0 saturated heterocycles. The zero-order valence-corrected chi connectivity index (χ0v) is 23.7. The highest BCUT2D eigenvalue weighted by molar-refractivity contribution is 7.07. The summed E-state index contributed by atoms with van der Waals surface area (Å²) >= 11 is 1.35. The summed E-state index contributed by atoms with van der Waals surface area (Å²) in [5.74, 6) is -0.470. The fourth-order valence-corrected chi connectivity index (χ4v) is 6.67. The Kier molecular flexibility index (Phi) is 6.60. The summed E-state index contributed by atoms with van der Waals surface area (Å²) in [5, 5.41) is 2.35. The Balaban J connectivity index is 1.55. The van der Waals surface area contributed by atoms with Crippen LogP contribution in [0, 0.1) is 13.8 Å². The summed E-state index contributed by atoms with van der Waals surface area (Å²) in [6, 6.07) is 25.8. The Morgan fingerprint density at radius 1 is 1.02 bits per heavy atom. The maximum atomic E-state index is 14.0. The van der Waals surface area contributed by atoms with E-state index in [9.17, 15) is 9.59 Å².